The van der Waals surface area contributed by atoms with E-state index in [0.717, 1.165) is 22.5 Å². The first-order chi connectivity index (χ1) is 35.3. The maximum Gasteiger partial charge on any atom is 0.326 e. The molecule has 22 nitrogen and oxygen atoms in total. The molecule has 1 unspecified atom stereocenters. The Labute approximate surface area is 446 Å². The van der Waals surface area contributed by atoms with Crippen LogP contribution in [-0.2, 0) is 46.5 Å². The van der Waals surface area contributed by atoms with Gasteiger partial charge in [0.1, 0.15) is 6.04 Å². The molecule has 2 aromatic rings. The number of thiocarbonyl (C=S) groups is 2. The molecule has 74 heavy (non-hydrogen) atoms. The highest BCUT2D eigenvalue weighted by molar-refractivity contribution is 7.98. The number of benzene rings is 2. The van der Waals surface area contributed by atoms with Gasteiger partial charge >= 0.3 is 23.9 Å². The Hall–Kier alpha value is -5.83. The van der Waals surface area contributed by atoms with E-state index in [1.807, 2.05) is 41.5 Å². The monoisotopic (exact) mass is 1090 g/mol. The number of ketones is 1. The molecule has 2 aromatic carbocycles. The van der Waals surface area contributed by atoms with Gasteiger partial charge in [-0.15, -0.1) is 0 Å². The zero-order valence-electron chi connectivity index (χ0n) is 42.0. The summed E-state index contributed by atoms with van der Waals surface area (Å²) >= 11 is 11.9. The molecule has 0 saturated carbocycles. The summed E-state index contributed by atoms with van der Waals surface area (Å²) in [5, 5.41) is 53.5. The number of amides is 3. The molecule has 0 aromatic heterocycles. The first-order valence-electron chi connectivity index (χ1n) is 24.5. The van der Waals surface area contributed by atoms with E-state index < -0.39 is 47.8 Å². The third-order valence-electron chi connectivity index (χ3n) is 12.4. The zero-order valence-corrected chi connectivity index (χ0v) is 44.4. The van der Waals surface area contributed by atoms with Crippen molar-refractivity contribution in [2.24, 2.45) is 0 Å². The average molecular weight is 1090 g/mol. The van der Waals surface area contributed by atoms with Crippen molar-refractivity contribution in [1.82, 2.24) is 40.4 Å². The normalized spacial score (nSPS) is 15.9. The number of hydrogen-bond acceptors (Lipinski definition) is 15. The van der Waals surface area contributed by atoms with Gasteiger partial charge in [-0.25, -0.2) is 4.79 Å². The molecule has 2 aliphatic rings. The number of aliphatic carboxylic acids is 4. The molecule has 25 heteroatoms. The third kappa shape index (κ3) is 22.3. The van der Waals surface area contributed by atoms with E-state index in [0.29, 0.717) is 53.6 Å². The Bertz CT molecular complexity index is 2260. The number of carbonyl (C=O) groups is 8. The van der Waals surface area contributed by atoms with Crippen LogP contribution in [0.5, 0.6) is 0 Å². The lowest BCUT2D eigenvalue weighted by molar-refractivity contribution is -0.142. The number of thioether (sulfide) groups is 1. The van der Waals surface area contributed by atoms with E-state index in [9.17, 15) is 58.8 Å². The predicted molar refractivity (Wildman–Crippen MR) is 289 cm³/mol. The second-order valence-corrected chi connectivity index (χ2v) is 20.2. The SMILES string of the molecule is CSCCC(NC(=O)c1cccc2c1CCN(C(=O)CN1CCN(CC(=O)O)CCN(CC(=O)O)CCN(CC(=O)O)CC1)C2)C(=O)CCC(=O)N[C@@H](CCCCNC(=S)Nc1ccc(NC(C)=S)cc1)C(=O)O. The van der Waals surface area contributed by atoms with Crippen LogP contribution in [0.25, 0.3) is 0 Å². The van der Waals surface area contributed by atoms with E-state index >= 15 is 0 Å². The summed E-state index contributed by atoms with van der Waals surface area (Å²) in [4.78, 5) is 111. The van der Waals surface area contributed by atoms with Crippen molar-refractivity contribution < 1.29 is 58.8 Å². The number of carboxylic acids is 4. The molecule has 406 valence electrons. The van der Waals surface area contributed by atoms with Gasteiger partial charge in [-0.2, -0.15) is 11.8 Å². The van der Waals surface area contributed by atoms with Gasteiger partial charge in [0.15, 0.2) is 10.9 Å². The van der Waals surface area contributed by atoms with E-state index in [2.05, 4.69) is 26.6 Å². The first-order valence-corrected chi connectivity index (χ1v) is 26.7. The van der Waals surface area contributed by atoms with Crippen LogP contribution in [0.3, 0.4) is 0 Å². The van der Waals surface area contributed by atoms with E-state index in [-0.39, 0.29) is 123 Å². The van der Waals surface area contributed by atoms with E-state index in [4.69, 9.17) is 24.4 Å². The summed E-state index contributed by atoms with van der Waals surface area (Å²) < 4.78 is 0. The van der Waals surface area contributed by atoms with Gasteiger partial charge in [-0.3, -0.25) is 53.2 Å². The molecule has 0 radical (unpaired) electrons. The van der Waals surface area contributed by atoms with Crippen LogP contribution in [0.2, 0.25) is 0 Å². The molecule has 2 heterocycles. The van der Waals surface area contributed by atoms with Crippen LogP contribution < -0.4 is 26.6 Å². The largest absolute Gasteiger partial charge is 0.480 e. The Morgan fingerprint density at radius 1 is 0.649 bits per heavy atom. The van der Waals surface area contributed by atoms with Crippen LogP contribution in [0.4, 0.5) is 11.4 Å². The highest BCUT2D eigenvalue weighted by Crippen LogP contribution is 2.24. The van der Waals surface area contributed by atoms with E-state index in [1.165, 1.54) is 11.8 Å². The highest BCUT2D eigenvalue weighted by atomic mass is 32.2. The number of Topliss-reactive ketones (excluding diaryl/α,β-unsaturated/α-hetero) is 1. The molecular formula is C49H70N10O12S3. The number of nitrogens with one attached hydrogen (secondary N) is 5. The fourth-order valence-corrected chi connectivity index (χ4v) is 9.33. The number of hydrogen-bond donors (Lipinski definition) is 9. The van der Waals surface area contributed by atoms with Gasteiger partial charge in [-0.1, -0.05) is 24.4 Å². The van der Waals surface area contributed by atoms with Crippen molar-refractivity contribution in [3.8, 4) is 0 Å². The van der Waals surface area contributed by atoms with Gasteiger partial charge < -0.3 is 51.9 Å². The molecule has 1 fully saturated rings. The number of unbranched alkanes of at least 4 members (excludes halogenated alkanes) is 1. The quantitative estimate of drug-likeness (QED) is 0.0479. The molecule has 0 bridgehead atoms. The fraction of sp³-hybridized carbons (Fsp3) is 0.551. The standard InChI is InChI=1S/C49H70N10O12S3/c1-33(72)51-35-9-11-36(12-10-35)52-49(73)50-17-4-3-8-40(48(70)71)53-42(61)14-13-41(60)39(16-27-74-2)54-47(69)38-7-5-6-34-28-59(18-15-37(34)38)43(62)29-55-19-21-56(30-44(63)64)23-25-58(32-46(67)68)26-24-57(22-20-55)31-45(65)66/h5-7,9-12,39-40H,3-4,8,13-32H2,1-2H3,(H,51,72)(H,53,61)(H,54,69)(H,63,64)(H,65,66)(H,67,68)(H,70,71)(H2,50,52,73)/t39?,40-/m0/s1. The average Bonchev–Trinajstić information content (AvgIpc) is 3.34. The molecule has 0 spiro atoms. The molecular weight excluding hydrogens is 1020 g/mol. The Morgan fingerprint density at radius 2 is 1.19 bits per heavy atom. The van der Waals surface area contributed by atoms with Crippen molar-refractivity contribution in [3.05, 3.63) is 59.2 Å². The molecule has 2 aliphatic heterocycles. The van der Waals surface area contributed by atoms with Crippen LogP contribution in [0, 0.1) is 0 Å². The number of rotatable bonds is 26. The number of fused-ring (bicyclic) bond motifs is 1. The zero-order chi connectivity index (χ0) is 54.2. The predicted octanol–water partition coefficient (Wildman–Crippen LogP) is 1.73. The van der Waals surface area contributed by atoms with Crippen molar-refractivity contribution in [2.75, 3.05) is 114 Å². The van der Waals surface area contributed by atoms with Gasteiger partial charge in [0.25, 0.3) is 5.91 Å². The summed E-state index contributed by atoms with van der Waals surface area (Å²) in [6.07, 6.45) is 3.22. The molecule has 3 amide bonds. The summed E-state index contributed by atoms with van der Waals surface area (Å²) in [5.41, 5.74) is 3.46. The van der Waals surface area contributed by atoms with Crippen LogP contribution in [0.1, 0.15) is 66.9 Å². The molecule has 0 aliphatic carbocycles. The van der Waals surface area contributed by atoms with Gasteiger partial charge in [0.05, 0.1) is 37.2 Å². The van der Waals surface area contributed by atoms with Gasteiger partial charge in [-0.05, 0) is 105 Å². The van der Waals surface area contributed by atoms with E-state index in [1.54, 1.807) is 38.7 Å². The Morgan fingerprint density at radius 3 is 1.70 bits per heavy atom. The summed E-state index contributed by atoms with van der Waals surface area (Å²) in [6, 6.07) is 10.5. The lowest BCUT2D eigenvalue weighted by Crippen LogP contribution is -2.50. The number of nitrogens with zero attached hydrogens (tertiary/aromatic N) is 5. The second kappa shape index (κ2) is 31.8. The topological polar surface area (TPSA) is 294 Å². The highest BCUT2D eigenvalue weighted by Gasteiger charge is 2.29. The second-order valence-electron chi connectivity index (χ2n) is 18.2. The van der Waals surface area contributed by atoms with Crippen LogP contribution in [-0.4, -0.2) is 218 Å². The number of anilines is 2. The minimum atomic E-state index is -1.20. The van der Waals surface area contributed by atoms with Gasteiger partial charge in [0.2, 0.25) is 11.8 Å². The fourth-order valence-electron chi connectivity index (χ4n) is 8.52. The summed E-state index contributed by atoms with van der Waals surface area (Å²) in [7, 11) is 0. The maximum absolute atomic E-state index is 13.9. The van der Waals surface area contributed by atoms with Gasteiger partial charge in [0, 0.05) is 102 Å². The summed E-state index contributed by atoms with van der Waals surface area (Å²) in [5.74, 6) is -5.47. The molecule has 2 atom stereocenters. The number of carbonyl (C=O) groups excluding carboxylic acids is 4. The van der Waals surface area contributed by atoms with Crippen molar-refractivity contribution in [1.29, 1.82) is 0 Å². The summed E-state index contributed by atoms with van der Waals surface area (Å²) in [6.45, 7) is 3.96. The molecule has 9 N–H and O–H groups in total. The van der Waals surface area contributed by atoms with Crippen LogP contribution >= 0.6 is 36.2 Å². The van der Waals surface area contributed by atoms with Crippen molar-refractivity contribution in [3.63, 3.8) is 0 Å². The minimum absolute atomic E-state index is 0.0338. The van der Waals surface area contributed by atoms with Crippen molar-refractivity contribution >= 4 is 105 Å². The molecule has 1 saturated heterocycles. The Balaban J connectivity index is 1.29. The Kier molecular flexibility index (Phi) is 26.1. The first kappa shape index (κ1) is 60.7. The van der Waals surface area contributed by atoms with Crippen molar-refractivity contribution in [2.45, 2.75) is 70.5 Å². The maximum atomic E-state index is 13.9. The lowest BCUT2D eigenvalue weighted by atomic mass is 9.93. The smallest absolute Gasteiger partial charge is 0.326 e. The van der Waals surface area contributed by atoms with Crippen LogP contribution in [0.15, 0.2) is 42.5 Å². The molecule has 4 rings (SSSR count). The third-order valence-corrected chi connectivity index (χ3v) is 13.4. The minimum Gasteiger partial charge on any atom is -0.480 e. The number of carboxylic acid groups (broad SMARTS) is 4. The lowest BCUT2D eigenvalue weighted by Gasteiger charge is -2.35.